The van der Waals surface area contributed by atoms with Crippen molar-refractivity contribution in [1.29, 1.82) is 0 Å². The van der Waals surface area contributed by atoms with E-state index in [-0.39, 0.29) is 5.91 Å². The Bertz CT molecular complexity index is 680. The van der Waals surface area contributed by atoms with E-state index in [0.29, 0.717) is 24.0 Å². The number of nitrogens with zero attached hydrogens (tertiary/aromatic N) is 2. The summed E-state index contributed by atoms with van der Waals surface area (Å²) in [5.41, 5.74) is 5.41. The Morgan fingerprint density at radius 2 is 2.25 bits per heavy atom. The molecule has 132 valence electrons. The minimum atomic E-state index is -0.431. The van der Waals surface area contributed by atoms with Gasteiger partial charge in [-0.3, -0.25) is 4.79 Å². The number of hydrogen-bond acceptors (Lipinski definition) is 5. The van der Waals surface area contributed by atoms with E-state index in [2.05, 4.69) is 24.1 Å². The van der Waals surface area contributed by atoms with Crippen LogP contribution in [-0.2, 0) is 12.8 Å². The molecular weight excluding hydrogens is 324 g/mol. The van der Waals surface area contributed by atoms with Gasteiger partial charge in [0.15, 0.2) is 10.9 Å². The molecule has 7 heteroatoms. The van der Waals surface area contributed by atoms with Crippen LogP contribution in [-0.4, -0.2) is 27.5 Å². The molecule has 0 saturated carbocycles. The number of nitrogens with one attached hydrogen (secondary N) is 1. The van der Waals surface area contributed by atoms with Gasteiger partial charge in [-0.15, -0.1) is 0 Å². The quantitative estimate of drug-likeness (QED) is 0.715. The van der Waals surface area contributed by atoms with E-state index in [9.17, 15) is 4.79 Å². The van der Waals surface area contributed by atoms with Gasteiger partial charge in [-0.1, -0.05) is 25.6 Å². The molecule has 2 aromatic heterocycles. The van der Waals surface area contributed by atoms with Gasteiger partial charge in [0, 0.05) is 26.0 Å². The number of rotatable bonds is 8. The van der Waals surface area contributed by atoms with Crippen molar-refractivity contribution in [1.82, 2.24) is 14.9 Å². The lowest BCUT2D eigenvalue weighted by Crippen LogP contribution is -2.52. The number of carbonyl (C=O) groups is 1. The average molecular weight is 350 g/mol. The van der Waals surface area contributed by atoms with Crippen molar-refractivity contribution >= 4 is 17.7 Å². The lowest BCUT2D eigenvalue weighted by molar-refractivity contribution is 0.0868. The van der Waals surface area contributed by atoms with Crippen molar-refractivity contribution in [3.63, 3.8) is 0 Å². The number of hydrogen-bond donors (Lipinski definition) is 2. The summed E-state index contributed by atoms with van der Waals surface area (Å²) in [6.07, 6.45) is 4.47. The van der Waals surface area contributed by atoms with E-state index in [1.54, 1.807) is 24.0 Å². The van der Waals surface area contributed by atoms with Crippen molar-refractivity contribution < 1.29 is 9.21 Å². The summed E-state index contributed by atoms with van der Waals surface area (Å²) in [5.74, 6) is 1.90. The normalized spacial score (nSPS) is 13.9. The van der Waals surface area contributed by atoms with Crippen molar-refractivity contribution in [2.75, 3.05) is 6.54 Å². The Labute approximate surface area is 147 Å². The van der Waals surface area contributed by atoms with Crippen LogP contribution in [0, 0.1) is 5.92 Å². The van der Waals surface area contributed by atoms with Crippen LogP contribution in [0.5, 0.6) is 0 Å². The number of amides is 1. The topological polar surface area (TPSA) is 86.1 Å². The van der Waals surface area contributed by atoms with Gasteiger partial charge in [0.05, 0.1) is 11.3 Å². The van der Waals surface area contributed by atoms with Crippen LogP contribution in [0.4, 0.5) is 0 Å². The molecule has 24 heavy (non-hydrogen) atoms. The van der Waals surface area contributed by atoms with Gasteiger partial charge in [0.25, 0.3) is 5.91 Å². The van der Waals surface area contributed by atoms with Gasteiger partial charge >= 0.3 is 0 Å². The fourth-order valence-corrected chi connectivity index (χ4v) is 3.45. The average Bonchev–Trinajstić information content (AvgIpc) is 3.13. The largest absolute Gasteiger partial charge is 0.455 e. The van der Waals surface area contributed by atoms with Crippen LogP contribution in [0.1, 0.15) is 43.5 Å². The SMILES string of the molecule is CC(C)CC(C)(CN)NC(=O)c1ccc(CSc2nccn2C)o1. The van der Waals surface area contributed by atoms with Crippen molar-refractivity contribution in [3.8, 4) is 0 Å². The molecule has 3 N–H and O–H groups in total. The van der Waals surface area contributed by atoms with Crippen LogP contribution in [0.15, 0.2) is 34.1 Å². The highest BCUT2D eigenvalue weighted by atomic mass is 32.2. The minimum absolute atomic E-state index is 0.225. The molecule has 0 aliphatic heterocycles. The first kappa shape index (κ1) is 18.6. The molecular formula is C17H26N4O2S. The Kier molecular flexibility index (Phi) is 6.12. The second-order valence-electron chi connectivity index (χ2n) is 6.69. The van der Waals surface area contributed by atoms with Crippen LogP contribution in [0.25, 0.3) is 0 Å². The highest BCUT2D eigenvalue weighted by Gasteiger charge is 2.27. The second kappa shape index (κ2) is 7.90. The van der Waals surface area contributed by atoms with Crippen molar-refractivity contribution in [2.45, 2.75) is 43.6 Å². The van der Waals surface area contributed by atoms with Gasteiger partial charge in [-0.2, -0.15) is 0 Å². The summed E-state index contributed by atoms with van der Waals surface area (Å²) in [7, 11) is 1.94. The summed E-state index contributed by atoms with van der Waals surface area (Å²) in [6.45, 7) is 6.57. The molecule has 2 rings (SSSR count). The Morgan fingerprint density at radius 1 is 1.50 bits per heavy atom. The molecule has 1 unspecified atom stereocenters. The van der Waals surface area contributed by atoms with Gasteiger partial charge in [-0.25, -0.2) is 4.98 Å². The lowest BCUT2D eigenvalue weighted by atomic mass is 9.90. The first-order valence-electron chi connectivity index (χ1n) is 8.04. The predicted octanol–water partition coefficient (Wildman–Crippen LogP) is 2.80. The number of carbonyl (C=O) groups excluding carboxylic acids is 1. The molecule has 0 fully saturated rings. The summed E-state index contributed by atoms with van der Waals surface area (Å²) in [5, 5.41) is 3.91. The molecule has 0 spiro atoms. The third-order valence-corrected chi connectivity index (χ3v) is 4.81. The maximum Gasteiger partial charge on any atom is 0.287 e. The fourth-order valence-electron chi connectivity index (χ4n) is 2.63. The first-order chi connectivity index (χ1) is 11.3. The maximum atomic E-state index is 12.4. The number of nitrogens with two attached hydrogens (primary N) is 1. The highest BCUT2D eigenvalue weighted by molar-refractivity contribution is 7.98. The van der Waals surface area contributed by atoms with Crippen LogP contribution in [0.3, 0.4) is 0 Å². The van der Waals surface area contributed by atoms with Crippen molar-refractivity contribution in [2.24, 2.45) is 18.7 Å². The summed E-state index contributed by atoms with van der Waals surface area (Å²) < 4.78 is 7.61. The third-order valence-electron chi connectivity index (χ3n) is 3.73. The summed E-state index contributed by atoms with van der Waals surface area (Å²) in [4.78, 5) is 16.7. The second-order valence-corrected chi connectivity index (χ2v) is 7.63. The molecule has 0 saturated heterocycles. The zero-order valence-corrected chi connectivity index (χ0v) is 15.5. The molecule has 0 aliphatic rings. The Hall–Kier alpha value is -1.73. The zero-order chi connectivity index (χ0) is 17.7. The Morgan fingerprint density at radius 3 is 2.83 bits per heavy atom. The van der Waals surface area contributed by atoms with Crippen LogP contribution in [0.2, 0.25) is 0 Å². The van der Waals surface area contributed by atoms with E-state index in [0.717, 1.165) is 17.3 Å². The molecule has 2 heterocycles. The van der Waals surface area contributed by atoms with Crippen molar-refractivity contribution in [3.05, 3.63) is 36.0 Å². The summed E-state index contributed by atoms with van der Waals surface area (Å²) in [6, 6.07) is 3.53. The standard InChI is InChI=1S/C17H26N4O2S/c1-12(2)9-17(3,11-18)20-15(22)14-6-5-13(23-14)10-24-16-19-7-8-21(16)4/h5-8,12H,9-11,18H2,1-4H3,(H,20,22). The van der Waals surface area contributed by atoms with Gasteiger partial charge in [0.1, 0.15) is 5.76 Å². The molecule has 1 atom stereocenters. The van der Waals surface area contributed by atoms with Gasteiger partial charge in [0.2, 0.25) is 0 Å². The molecule has 6 nitrogen and oxygen atoms in total. The smallest absolute Gasteiger partial charge is 0.287 e. The molecule has 0 aliphatic carbocycles. The molecule has 2 aromatic rings. The maximum absolute atomic E-state index is 12.4. The van der Waals surface area contributed by atoms with Crippen LogP contribution >= 0.6 is 11.8 Å². The zero-order valence-electron chi connectivity index (χ0n) is 14.7. The summed E-state index contributed by atoms with van der Waals surface area (Å²) >= 11 is 1.56. The van der Waals surface area contributed by atoms with E-state index < -0.39 is 5.54 Å². The molecule has 1 amide bonds. The van der Waals surface area contributed by atoms with E-state index >= 15 is 0 Å². The fraction of sp³-hybridized carbons (Fsp3) is 0.529. The molecule has 0 radical (unpaired) electrons. The van der Waals surface area contributed by atoms with Gasteiger partial charge in [-0.05, 0) is 31.4 Å². The number of aromatic nitrogens is 2. The monoisotopic (exact) mass is 350 g/mol. The number of thioether (sulfide) groups is 1. The van der Waals surface area contributed by atoms with Crippen LogP contribution < -0.4 is 11.1 Å². The first-order valence-corrected chi connectivity index (χ1v) is 9.03. The number of imidazole rings is 1. The van der Waals surface area contributed by atoms with E-state index in [1.807, 2.05) is 30.8 Å². The molecule has 0 bridgehead atoms. The van der Waals surface area contributed by atoms with Gasteiger partial charge < -0.3 is 20.0 Å². The number of aryl methyl sites for hydroxylation is 1. The lowest BCUT2D eigenvalue weighted by Gasteiger charge is -2.30. The van der Waals surface area contributed by atoms with E-state index in [4.69, 9.17) is 10.2 Å². The minimum Gasteiger partial charge on any atom is -0.455 e. The molecule has 0 aromatic carbocycles. The Balaban J connectivity index is 1.96. The van der Waals surface area contributed by atoms with E-state index in [1.165, 1.54) is 0 Å². The predicted molar refractivity (Wildman–Crippen MR) is 95.9 cm³/mol. The highest BCUT2D eigenvalue weighted by Crippen LogP contribution is 2.22. The third kappa shape index (κ3) is 4.88. The number of furan rings is 1.